The number of allylic oxidation sites excluding steroid dienone is 1. The first-order valence-corrected chi connectivity index (χ1v) is 13.3. The van der Waals surface area contributed by atoms with E-state index >= 15 is 0 Å². The molecule has 0 aliphatic rings. The van der Waals surface area contributed by atoms with Gasteiger partial charge in [0.25, 0.3) is 5.97 Å². The molecule has 0 bridgehead atoms. The van der Waals surface area contributed by atoms with E-state index in [1.165, 1.54) is 70.6 Å². The molecule has 0 radical (unpaired) electrons. The lowest BCUT2D eigenvalue weighted by Gasteiger charge is -2.39. The highest BCUT2D eigenvalue weighted by Gasteiger charge is 2.41. The Labute approximate surface area is 194 Å². The van der Waals surface area contributed by atoms with E-state index < -0.39 is 5.97 Å². The smallest absolute Gasteiger partial charge is 0.285 e. The predicted octanol–water partition coefficient (Wildman–Crippen LogP) is 8.40. The summed E-state index contributed by atoms with van der Waals surface area (Å²) in [6, 6.07) is 0. The van der Waals surface area contributed by atoms with Crippen molar-refractivity contribution in [3.63, 3.8) is 0 Å². The second kappa shape index (κ2) is 22.6. The molecule has 0 aliphatic carbocycles. The summed E-state index contributed by atoms with van der Waals surface area (Å²) < 4.78 is 23.8. The SMILES string of the molecule is CC=COCCCCCCCCC(CCCCCCCC)C(OCC)(OCC)OCC. The summed E-state index contributed by atoms with van der Waals surface area (Å²) in [7, 11) is 0. The fraction of sp³-hybridized carbons (Fsp3) is 0.926. The maximum absolute atomic E-state index is 6.15. The third-order valence-corrected chi connectivity index (χ3v) is 5.74. The summed E-state index contributed by atoms with van der Waals surface area (Å²) in [6.07, 6.45) is 21.3. The van der Waals surface area contributed by atoms with Crippen LogP contribution in [0.15, 0.2) is 12.3 Å². The molecule has 4 nitrogen and oxygen atoms in total. The van der Waals surface area contributed by atoms with Crippen molar-refractivity contribution in [2.45, 2.75) is 130 Å². The number of hydrogen-bond donors (Lipinski definition) is 0. The van der Waals surface area contributed by atoms with Gasteiger partial charge in [-0.2, -0.15) is 0 Å². The quantitative estimate of drug-likeness (QED) is 0.0854. The van der Waals surface area contributed by atoms with Crippen LogP contribution < -0.4 is 0 Å². The molecule has 0 saturated heterocycles. The Bertz CT molecular complexity index is 366. The fourth-order valence-corrected chi connectivity index (χ4v) is 4.20. The van der Waals surface area contributed by atoms with Gasteiger partial charge < -0.3 is 18.9 Å². The third kappa shape index (κ3) is 15.8. The molecule has 31 heavy (non-hydrogen) atoms. The Morgan fingerprint density at radius 2 is 1.06 bits per heavy atom. The van der Waals surface area contributed by atoms with Crippen molar-refractivity contribution in [3.8, 4) is 0 Å². The standard InChI is InChI=1S/C27H54O4/c1-6-11-12-13-16-19-22-26(27(29-8-3,30-9-4)31-10-5)23-20-17-14-15-18-21-25-28-24-7-2/h7,24,26H,6,8-23,25H2,1-5H3. The molecule has 0 heterocycles. The normalized spacial score (nSPS) is 13.2. The van der Waals surface area contributed by atoms with Crippen molar-refractivity contribution in [2.75, 3.05) is 26.4 Å². The molecule has 0 aromatic carbocycles. The zero-order chi connectivity index (χ0) is 23.0. The van der Waals surface area contributed by atoms with Crippen molar-refractivity contribution in [1.82, 2.24) is 0 Å². The van der Waals surface area contributed by atoms with Crippen LogP contribution in [0.1, 0.15) is 125 Å². The van der Waals surface area contributed by atoms with E-state index in [4.69, 9.17) is 18.9 Å². The highest BCUT2D eigenvalue weighted by atomic mass is 16.9. The van der Waals surface area contributed by atoms with E-state index in [0.29, 0.717) is 25.7 Å². The summed E-state index contributed by atoms with van der Waals surface area (Å²) in [4.78, 5) is 0. The molecule has 0 rings (SSSR count). The summed E-state index contributed by atoms with van der Waals surface area (Å²) in [5, 5.41) is 0. The van der Waals surface area contributed by atoms with Gasteiger partial charge in [-0.05, 0) is 47.0 Å². The van der Waals surface area contributed by atoms with Gasteiger partial charge in [-0.3, -0.25) is 0 Å². The summed E-state index contributed by atoms with van der Waals surface area (Å²) in [5.74, 6) is -0.570. The van der Waals surface area contributed by atoms with Crippen LogP contribution in [0.25, 0.3) is 0 Å². The first-order chi connectivity index (χ1) is 15.2. The van der Waals surface area contributed by atoms with E-state index in [-0.39, 0.29) is 0 Å². The van der Waals surface area contributed by atoms with Crippen LogP contribution in [0, 0.1) is 5.92 Å². The molecule has 1 unspecified atom stereocenters. The minimum atomic E-state index is -0.869. The largest absolute Gasteiger partial charge is 0.502 e. The Morgan fingerprint density at radius 3 is 1.52 bits per heavy atom. The van der Waals surface area contributed by atoms with Gasteiger partial charge in [0.15, 0.2) is 0 Å². The second-order valence-electron chi connectivity index (χ2n) is 8.41. The van der Waals surface area contributed by atoms with Gasteiger partial charge in [-0.25, -0.2) is 0 Å². The van der Waals surface area contributed by atoms with Gasteiger partial charge >= 0.3 is 0 Å². The highest BCUT2D eigenvalue weighted by molar-refractivity contribution is 4.73. The van der Waals surface area contributed by atoms with Gasteiger partial charge in [-0.15, -0.1) is 0 Å². The molecule has 0 aromatic rings. The van der Waals surface area contributed by atoms with E-state index in [9.17, 15) is 0 Å². The molecule has 1 atom stereocenters. The topological polar surface area (TPSA) is 36.9 Å². The van der Waals surface area contributed by atoms with Crippen LogP contribution in [-0.4, -0.2) is 32.4 Å². The van der Waals surface area contributed by atoms with Crippen LogP contribution >= 0.6 is 0 Å². The third-order valence-electron chi connectivity index (χ3n) is 5.74. The van der Waals surface area contributed by atoms with Gasteiger partial charge in [0.2, 0.25) is 0 Å². The first-order valence-electron chi connectivity index (χ1n) is 13.3. The predicted molar refractivity (Wildman–Crippen MR) is 132 cm³/mol. The zero-order valence-electron chi connectivity index (χ0n) is 21.6. The molecule has 0 aliphatic heterocycles. The van der Waals surface area contributed by atoms with Crippen LogP contribution in [0.5, 0.6) is 0 Å². The molecule has 0 amide bonds. The van der Waals surface area contributed by atoms with Crippen molar-refractivity contribution in [3.05, 3.63) is 12.3 Å². The van der Waals surface area contributed by atoms with Crippen molar-refractivity contribution in [2.24, 2.45) is 5.92 Å². The highest BCUT2D eigenvalue weighted by Crippen LogP contribution is 2.34. The fourth-order valence-electron chi connectivity index (χ4n) is 4.20. The zero-order valence-corrected chi connectivity index (χ0v) is 21.6. The number of ether oxygens (including phenoxy) is 4. The lowest BCUT2D eigenvalue weighted by atomic mass is 9.91. The molecule has 0 N–H and O–H groups in total. The van der Waals surface area contributed by atoms with Gasteiger partial charge in [-0.1, -0.05) is 83.6 Å². The summed E-state index contributed by atoms with van der Waals surface area (Å²) in [5.41, 5.74) is 0. The van der Waals surface area contributed by atoms with Crippen LogP contribution in [0.3, 0.4) is 0 Å². The molecule has 4 heteroatoms. The minimum absolute atomic E-state index is 0.299. The first kappa shape index (κ1) is 30.4. The van der Waals surface area contributed by atoms with Gasteiger partial charge in [0.05, 0.1) is 12.9 Å². The molecule has 0 saturated carbocycles. The van der Waals surface area contributed by atoms with Crippen molar-refractivity contribution >= 4 is 0 Å². The minimum Gasteiger partial charge on any atom is -0.502 e. The molecule has 0 aromatic heterocycles. The van der Waals surface area contributed by atoms with E-state index in [2.05, 4.69) is 6.92 Å². The van der Waals surface area contributed by atoms with Crippen molar-refractivity contribution in [1.29, 1.82) is 0 Å². The number of hydrogen-bond acceptors (Lipinski definition) is 4. The Balaban J connectivity index is 4.53. The number of unbranched alkanes of at least 4 members (excludes halogenated alkanes) is 10. The average molecular weight is 443 g/mol. The maximum Gasteiger partial charge on any atom is 0.285 e. The lowest BCUT2D eigenvalue weighted by molar-refractivity contribution is -0.403. The van der Waals surface area contributed by atoms with Gasteiger partial charge in [0, 0.05) is 25.7 Å². The van der Waals surface area contributed by atoms with Gasteiger partial charge in [0.1, 0.15) is 0 Å². The Hall–Kier alpha value is -0.580. The average Bonchev–Trinajstić information content (AvgIpc) is 2.76. The molecular weight excluding hydrogens is 388 g/mol. The molecular formula is C27H54O4. The maximum atomic E-state index is 6.15. The van der Waals surface area contributed by atoms with E-state index in [0.717, 1.165) is 25.9 Å². The summed E-state index contributed by atoms with van der Waals surface area (Å²) >= 11 is 0. The molecule has 186 valence electrons. The monoisotopic (exact) mass is 442 g/mol. The number of rotatable bonds is 24. The molecule has 0 spiro atoms. The Kier molecular flexibility index (Phi) is 22.2. The van der Waals surface area contributed by atoms with E-state index in [1.807, 2.05) is 33.8 Å². The lowest BCUT2D eigenvalue weighted by Crippen LogP contribution is -2.46. The Morgan fingerprint density at radius 1 is 0.613 bits per heavy atom. The van der Waals surface area contributed by atoms with Crippen LogP contribution in [0.2, 0.25) is 0 Å². The summed E-state index contributed by atoms with van der Waals surface area (Å²) in [6.45, 7) is 13.0. The van der Waals surface area contributed by atoms with Crippen LogP contribution in [0.4, 0.5) is 0 Å². The second-order valence-corrected chi connectivity index (χ2v) is 8.41. The van der Waals surface area contributed by atoms with Crippen LogP contribution in [-0.2, 0) is 18.9 Å². The van der Waals surface area contributed by atoms with Crippen molar-refractivity contribution < 1.29 is 18.9 Å². The molecule has 0 fully saturated rings. The van der Waals surface area contributed by atoms with E-state index in [1.54, 1.807) is 6.26 Å².